The number of nitrogens with one attached hydrogen (secondary N) is 1. The van der Waals surface area contributed by atoms with Gasteiger partial charge in [0, 0.05) is 17.2 Å². The van der Waals surface area contributed by atoms with Crippen LogP contribution < -0.4 is 14.8 Å². The molecule has 2 aromatic carbocycles. The Morgan fingerprint density at radius 3 is 2.36 bits per heavy atom. The fourth-order valence-corrected chi connectivity index (χ4v) is 2.49. The molecular formula is C18H20N2O5. The van der Waals surface area contributed by atoms with E-state index in [1.54, 1.807) is 33.3 Å². The van der Waals surface area contributed by atoms with Crippen LogP contribution in [0.2, 0.25) is 0 Å². The van der Waals surface area contributed by atoms with Crippen molar-refractivity contribution < 1.29 is 19.2 Å². The molecule has 1 N–H and O–H groups in total. The van der Waals surface area contributed by atoms with Crippen molar-refractivity contribution in [1.29, 1.82) is 0 Å². The van der Waals surface area contributed by atoms with E-state index in [2.05, 4.69) is 5.32 Å². The number of carbonyl (C=O) groups is 1. The van der Waals surface area contributed by atoms with Gasteiger partial charge in [-0.15, -0.1) is 0 Å². The monoisotopic (exact) mass is 344 g/mol. The number of amides is 1. The van der Waals surface area contributed by atoms with Gasteiger partial charge in [-0.2, -0.15) is 0 Å². The van der Waals surface area contributed by atoms with Gasteiger partial charge in [-0.1, -0.05) is 6.07 Å². The number of nitro groups is 1. The number of carbonyl (C=O) groups excluding carboxylic acids is 1. The Hall–Kier alpha value is -3.09. The van der Waals surface area contributed by atoms with Crippen LogP contribution in [-0.2, 0) is 0 Å². The highest BCUT2D eigenvalue weighted by Gasteiger charge is 2.17. The van der Waals surface area contributed by atoms with Crippen molar-refractivity contribution in [2.24, 2.45) is 0 Å². The molecule has 0 saturated heterocycles. The van der Waals surface area contributed by atoms with Crippen LogP contribution in [0.25, 0.3) is 0 Å². The van der Waals surface area contributed by atoms with Crippen LogP contribution in [0.4, 0.5) is 5.69 Å². The van der Waals surface area contributed by atoms with Crippen molar-refractivity contribution >= 4 is 11.6 Å². The summed E-state index contributed by atoms with van der Waals surface area (Å²) in [6, 6.07) is 9.43. The summed E-state index contributed by atoms with van der Waals surface area (Å²) in [6.07, 6.45) is 0. The summed E-state index contributed by atoms with van der Waals surface area (Å²) < 4.78 is 10.5. The summed E-state index contributed by atoms with van der Waals surface area (Å²) in [5.74, 6) is 0.878. The first-order valence-electron chi connectivity index (χ1n) is 7.65. The van der Waals surface area contributed by atoms with E-state index in [0.717, 1.165) is 5.56 Å². The van der Waals surface area contributed by atoms with E-state index < -0.39 is 4.92 Å². The third-order valence-electron chi connectivity index (χ3n) is 3.91. The molecule has 0 aliphatic rings. The van der Waals surface area contributed by atoms with Crippen LogP contribution in [0.15, 0.2) is 36.4 Å². The molecule has 1 amide bonds. The van der Waals surface area contributed by atoms with E-state index in [1.165, 1.54) is 18.2 Å². The zero-order valence-electron chi connectivity index (χ0n) is 14.5. The van der Waals surface area contributed by atoms with Gasteiger partial charge in [0.25, 0.3) is 11.6 Å². The Bertz CT molecular complexity index is 804. The molecule has 2 aromatic rings. The first-order valence-corrected chi connectivity index (χ1v) is 7.65. The molecule has 0 bridgehead atoms. The van der Waals surface area contributed by atoms with Crippen LogP contribution in [0.3, 0.4) is 0 Å². The van der Waals surface area contributed by atoms with Crippen LogP contribution in [-0.4, -0.2) is 25.1 Å². The molecule has 2 rings (SSSR count). The van der Waals surface area contributed by atoms with Gasteiger partial charge in [-0.25, -0.2) is 0 Å². The number of rotatable bonds is 6. The van der Waals surface area contributed by atoms with Crippen molar-refractivity contribution in [2.75, 3.05) is 14.2 Å². The molecule has 0 radical (unpaired) electrons. The normalized spacial score (nSPS) is 11.5. The molecule has 0 saturated carbocycles. The molecule has 0 fully saturated rings. The van der Waals surface area contributed by atoms with Crippen molar-refractivity contribution in [3.05, 3.63) is 63.2 Å². The van der Waals surface area contributed by atoms with Gasteiger partial charge in [0.15, 0.2) is 11.5 Å². The summed E-state index contributed by atoms with van der Waals surface area (Å²) in [6.45, 7) is 3.45. The van der Waals surface area contributed by atoms with E-state index in [0.29, 0.717) is 22.6 Å². The number of hydrogen-bond acceptors (Lipinski definition) is 5. The molecule has 0 aliphatic heterocycles. The summed E-state index contributed by atoms with van der Waals surface area (Å²) >= 11 is 0. The Balaban J connectivity index is 2.17. The molecule has 7 nitrogen and oxygen atoms in total. The maximum absolute atomic E-state index is 12.4. The summed E-state index contributed by atoms with van der Waals surface area (Å²) in [5, 5.41) is 13.7. The third kappa shape index (κ3) is 4.06. The number of hydrogen-bond donors (Lipinski definition) is 1. The zero-order chi connectivity index (χ0) is 18.6. The van der Waals surface area contributed by atoms with Crippen molar-refractivity contribution in [2.45, 2.75) is 19.9 Å². The van der Waals surface area contributed by atoms with Crippen molar-refractivity contribution in [1.82, 2.24) is 5.32 Å². The number of nitrogens with zero attached hydrogens (tertiary/aromatic N) is 1. The summed E-state index contributed by atoms with van der Waals surface area (Å²) in [5.41, 5.74) is 1.65. The maximum atomic E-state index is 12.4. The molecule has 25 heavy (non-hydrogen) atoms. The highest BCUT2D eigenvalue weighted by atomic mass is 16.6. The fraction of sp³-hybridized carbons (Fsp3) is 0.278. The Labute approximate surface area is 145 Å². The predicted molar refractivity (Wildman–Crippen MR) is 93.3 cm³/mol. The third-order valence-corrected chi connectivity index (χ3v) is 3.91. The molecule has 0 aliphatic carbocycles. The summed E-state index contributed by atoms with van der Waals surface area (Å²) in [7, 11) is 3.10. The second-order valence-corrected chi connectivity index (χ2v) is 5.57. The number of ether oxygens (including phenoxy) is 2. The standard InChI is InChI=1S/C18H20N2O5/c1-11-9-14(5-7-15(11)20(22)23)18(21)19-12(2)13-6-8-16(24-3)17(10-13)25-4/h5-10,12H,1-4H3,(H,19,21)/t12-/m1/s1. The minimum Gasteiger partial charge on any atom is -0.493 e. The molecule has 132 valence electrons. The highest BCUT2D eigenvalue weighted by molar-refractivity contribution is 5.95. The van der Waals surface area contributed by atoms with Gasteiger partial charge in [-0.05, 0) is 43.7 Å². The summed E-state index contributed by atoms with van der Waals surface area (Å²) in [4.78, 5) is 22.8. The molecule has 0 aromatic heterocycles. The SMILES string of the molecule is COc1ccc([C@@H](C)NC(=O)c2ccc([N+](=O)[O-])c(C)c2)cc1OC. The van der Waals surface area contributed by atoms with Gasteiger partial charge < -0.3 is 14.8 Å². The van der Waals surface area contributed by atoms with Crippen LogP contribution in [0.5, 0.6) is 11.5 Å². The van der Waals surface area contributed by atoms with E-state index in [1.807, 2.05) is 13.0 Å². The average molecular weight is 344 g/mol. The van der Waals surface area contributed by atoms with Gasteiger partial charge in [0.1, 0.15) is 0 Å². The fourth-order valence-electron chi connectivity index (χ4n) is 2.49. The van der Waals surface area contributed by atoms with Crippen LogP contribution in [0, 0.1) is 17.0 Å². The molecule has 1 atom stereocenters. The largest absolute Gasteiger partial charge is 0.493 e. The Morgan fingerprint density at radius 1 is 1.12 bits per heavy atom. The molecule has 0 spiro atoms. The van der Waals surface area contributed by atoms with E-state index in [9.17, 15) is 14.9 Å². The quantitative estimate of drug-likeness (QED) is 0.640. The minimum atomic E-state index is -0.469. The number of benzene rings is 2. The molecule has 0 unspecified atom stereocenters. The lowest BCUT2D eigenvalue weighted by Gasteiger charge is -2.16. The van der Waals surface area contributed by atoms with E-state index in [-0.39, 0.29) is 17.6 Å². The maximum Gasteiger partial charge on any atom is 0.272 e. The second-order valence-electron chi connectivity index (χ2n) is 5.57. The zero-order valence-corrected chi connectivity index (χ0v) is 14.5. The Morgan fingerprint density at radius 2 is 1.80 bits per heavy atom. The first-order chi connectivity index (χ1) is 11.9. The molecule has 7 heteroatoms. The Kier molecular flexibility index (Phi) is 5.59. The smallest absolute Gasteiger partial charge is 0.272 e. The minimum absolute atomic E-state index is 0.00973. The van der Waals surface area contributed by atoms with Gasteiger partial charge in [0.05, 0.1) is 25.2 Å². The van der Waals surface area contributed by atoms with Gasteiger partial charge in [-0.3, -0.25) is 14.9 Å². The highest BCUT2D eigenvalue weighted by Crippen LogP contribution is 2.30. The second kappa shape index (κ2) is 7.65. The number of nitro benzene ring substituents is 1. The predicted octanol–water partition coefficient (Wildman–Crippen LogP) is 3.41. The van der Waals surface area contributed by atoms with E-state index >= 15 is 0 Å². The number of aryl methyl sites for hydroxylation is 1. The molecule has 0 heterocycles. The lowest BCUT2D eigenvalue weighted by molar-refractivity contribution is -0.385. The lowest BCUT2D eigenvalue weighted by Crippen LogP contribution is -2.26. The lowest BCUT2D eigenvalue weighted by atomic mass is 10.1. The van der Waals surface area contributed by atoms with Crippen LogP contribution in [0.1, 0.15) is 34.5 Å². The van der Waals surface area contributed by atoms with Crippen molar-refractivity contribution in [3.63, 3.8) is 0 Å². The number of methoxy groups -OCH3 is 2. The average Bonchev–Trinajstić information content (AvgIpc) is 2.60. The first kappa shape index (κ1) is 18.3. The van der Waals surface area contributed by atoms with Gasteiger partial charge >= 0.3 is 0 Å². The van der Waals surface area contributed by atoms with Gasteiger partial charge in [0.2, 0.25) is 0 Å². The molecular weight excluding hydrogens is 324 g/mol. The van der Waals surface area contributed by atoms with E-state index in [4.69, 9.17) is 9.47 Å². The van der Waals surface area contributed by atoms with Crippen LogP contribution >= 0.6 is 0 Å². The van der Waals surface area contributed by atoms with Crippen molar-refractivity contribution in [3.8, 4) is 11.5 Å². The topological polar surface area (TPSA) is 90.7 Å².